The number of nitrogens with one attached hydrogen (secondary N) is 1. The minimum Gasteiger partial charge on any atom is -0.496 e. The van der Waals surface area contributed by atoms with Crippen molar-refractivity contribution >= 4 is 5.91 Å². The summed E-state index contributed by atoms with van der Waals surface area (Å²) < 4.78 is 5.30. The van der Waals surface area contributed by atoms with Gasteiger partial charge < -0.3 is 15.2 Å². The van der Waals surface area contributed by atoms with Crippen LogP contribution in [0.4, 0.5) is 0 Å². The van der Waals surface area contributed by atoms with Gasteiger partial charge >= 0.3 is 0 Å². The Labute approximate surface area is 113 Å². The summed E-state index contributed by atoms with van der Waals surface area (Å²) in [5.41, 5.74) is 2.08. The molecule has 2 N–H and O–H groups in total. The van der Waals surface area contributed by atoms with Crippen molar-refractivity contribution in [2.24, 2.45) is 5.92 Å². The molecular weight excluding hydrogens is 242 g/mol. The Morgan fingerprint density at radius 2 is 2.26 bits per heavy atom. The summed E-state index contributed by atoms with van der Waals surface area (Å²) in [5.74, 6) is 0.469. The lowest BCUT2D eigenvalue weighted by Crippen LogP contribution is -2.34. The number of carbonyl (C=O) groups excluding carboxylic acids is 1. The number of benzene rings is 1. The highest BCUT2D eigenvalue weighted by Gasteiger charge is 2.31. The summed E-state index contributed by atoms with van der Waals surface area (Å²) in [6.07, 6.45) is 1.94. The zero-order valence-corrected chi connectivity index (χ0v) is 11.5. The highest BCUT2D eigenvalue weighted by Crippen LogP contribution is 2.26. The van der Waals surface area contributed by atoms with Crippen molar-refractivity contribution in [1.29, 1.82) is 0 Å². The quantitative estimate of drug-likeness (QED) is 0.870. The van der Waals surface area contributed by atoms with E-state index in [2.05, 4.69) is 5.32 Å². The molecule has 1 aromatic carbocycles. The minimum atomic E-state index is -0.486. The van der Waals surface area contributed by atoms with Crippen LogP contribution in [-0.4, -0.2) is 24.2 Å². The van der Waals surface area contributed by atoms with Gasteiger partial charge in [-0.05, 0) is 37.8 Å². The number of hydrogen-bond donors (Lipinski definition) is 2. The molecule has 2 unspecified atom stereocenters. The number of ether oxygens (including phenoxy) is 1. The smallest absolute Gasteiger partial charge is 0.225 e. The van der Waals surface area contributed by atoms with E-state index in [0.29, 0.717) is 6.54 Å². The summed E-state index contributed by atoms with van der Waals surface area (Å²) >= 11 is 0. The van der Waals surface area contributed by atoms with Crippen molar-refractivity contribution in [3.05, 3.63) is 29.3 Å². The van der Waals surface area contributed by atoms with E-state index in [0.717, 1.165) is 36.1 Å². The Bertz CT molecular complexity index is 459. The lowest BCUT2D eigenvalue weighted by molar-refractivity contribution is -0.127. The van der Waals surface area contributed by atoms with Crippen LogP contribution in [-0.2, 0) is 11.3 Å². The number of carbonyl (C=O) groups is 1. The standard InChI is InChI=1S/C15H21NO3/c1-10-6-7-11(14(8-10)19-2)9-16-15(18)12-4-3-5-13(12)17/h6-8,12-13,17H,3-5,9H2,1-2H3,(H,16,18). The Hall–Kier alpha value is -1.55. The molecule has 1 fully saturated rings. The fraction of sp³-hybridized carbons (Fsp3) is 0.533. The minimum absolute atomic E-state index is 0.0624. The van der Waals surface area contributed by atoms with Gasteiger partial charge in [0.05, 0.1) is 19.1 Å². The van der Waals surface area contributed by atoms with Crippen molar-refractivity contribution < 1.29 is 14.6 Å². The van der Waals surface area contributed by atoms with Gasteiger partial charge in [-0.2, -0.15) is 0 Å². The molecule has 0 saturated heterocycles. The largest absolute Gasteiger partial charge is 0.496 e. The maximum Gasteiger partial charge on any atom is 0.225 e. The van der Waals surface area contributed by atoms with Gasteiger partial charge in [0, 0.05) is 12.1 Å². The molecule has 104 valence electrons. The number of methoxy groups -OCH3 is 1. The van der Waals surface area contributed by atoms with E-state index in [1.807, 2.05) is 25.1 Å². The van der Waals surface area contributed by atoms with E-state index in [4.69, 9.17) is 4.74 Å². The lowest BCUT2D eigenvalue weighted by Gasteiger charge is -2.15. The van der Waals surface area contributed by atoms with Crippen LogP contribution in [0.3, 0.4) is 0 Å². The van der Waals surface area contributed by atoms with E-state index in [1.165, 1.54) is 0 Å². The number of rotatable bonds is 4. The molecule has 2 atom stereocenters. The highest BCUT2D eigenvalue weighted by molar-refractivity contribution is 5.79. The average molecular weight is 263 g/mol. The molecular formula is C15H21NO3. The van der Waals surface area contributed by atoms with Crippen molar-refractivity contribution in [2.75, 3.05) is 7.11 Å². The lowest BCUT2D eigenvalue weighted by atomic mass is 10.0. The van der Waals surface area contributed by atoms with Gasteiger partial charge in [-0.25, -0.2) is 0 Å². The molecule has 1 amide bonds. The summed E-state index contributed by atoms with van der Waals surface area (Å²) in [7, 11) is 1.63. The third-order valence-corrected chi connectivity index (χ3v) is 3.71. The zero-order chi connectivity index (χ0) is 13.8. The van der Waals surface area contributed by atoms with Crippen molar-refractivity contribution in [2.45, 2.75) is 38.8 Å². The van der Waals surface area contributed by atoms with Crippen LogP contribution in [0.15, 0.2) is 18.2 Å². The molecule has 0 aromatic heterocycles. The van der Waals surface area contributed by atoms with E-state index >= 15 is 0 Å². The predicted molar refractivity (Wildman–Crippen MR) is 72.9 cm³/mol. The highest BCUT2D eigenvalue weighted by atomic mass is 16.5. The Kier molecular flexibility index (Phi) is 4.43. The maximum absolute atomic E-state index is 12.0. The summed E-state index contributed by atoms with van der Waals surface area (Å²) in [4.78, 5) is 12.0. The van der Waals surface area contributed by atoms with Crippen molar-refractivity contribution in [1.82, 2.24) is 5.32 Å². The van der Waals surface area contributed by atoms with Crippen LogP contribution in [0, 0.1) is 12.8 Å². The van der Waals surface area contributed by atoms with Gasteiger partial charge in [-0.3, -0.25) is 4.79 Å². The third-order valence-electron chi connectivity index (χ3n) is 3.71. The van der Waals surface area contributed by atoms with Gasteiger partial charge in [-0.1, -0.05) is 12.1 Å². The monoisotopic (exact) mass is 263 g/mol. The fourth-order valence-corrected chi connectivity index (χ4v) is 2.56. The van der Waals surface area contributed by atoms with Crippen LogP contribution < -0.4 is 10.1 Å². The molecule has 2 rings (SSSR count). The molecule has 1 aliphatic rings. The average Bonchev–Trinajstić information content (AvgIpc) is 2.83. The number of aryl methyl sites for hydroxylation is 1. The first-order chi connectivity index (χ1) is 9.11. The van der Waals surface area contributed by atoms with Crippen molar-refractivity contribution in [3.63, 3.8) is 0 Å². The van der Waals surface area contributed by atoms with Gasteiger partial charge in [0.2, 0.25) is 5.91 Å². The van der Waals surface area contributed by atoms with Gasteiger partial charge in [0.15, 0.2) is 0 Å². The second kappa shape index (κ2) is 6.06. The molecule has 1 aromatic rings. The molecule has 1 aliphatic carbocycles. The summed E-state index contributed by atoms with van der Waals surface area (Å²) in [6, 6.07) is 5.90. The second-order valence-corrected chi connectivity index (χ2v) is 5.14. The first kappa shape index (κ1) is 13.9. The normalized spacial score (nSPS) is 22.3. The first-order valence-electron chi connectivity index (χ1n) is 6.71. The molecule has 0 heterocycles. The summed E-state index contributed by atoms with van der Waals surface area (Å²) in [6.45, 7) is 2.44. The number of aliphatic hydroxyl groups is 1. The zero-order valence-electron chi connectivity index (χ0n) is 11.5. The van der Waals surface area contributed by atoms with Crippen LogP contribution >= 0.6 is 0 Å². The van der Waals surface area contributed by atoms with E-state index < -0.39 is 6.10 Å². The molecule has 0 radical (unpaired) electrons. The first-order valence-corrected chi connectivity index (χ1v) is 6.71. The number of hydrogen-bond acceptors (Lipinski definition) is 3. The number of aliphatic hydroxyl groups excluding tert-OH is 1. The predicted octanol–water partition coefficient (Wildman–Crippen LogP) is 1.78. The maximum atomic E-state index is 12.0. The molecule has 19 heavy (non-hydrogen) atoms. The number of amides is 1. The molecule has 0 bridgehead atoms. The molecule has 4 heteroatoms. The Morgan fingerprint density at radius 1 is 1.47 bits per heavy atom. The summed E-state index contributed by atoms with van der Waals surface area (Å²) in [5, 5.41) is 12.6. The van der Waals surface area contributed by atoms with E-state index in [-0.39, 0.29) is 11.8 Å². The third kappa shape index (κ3) is 3.26. The van der Waals surface area contributed by atoms with Crippen LogP contribution in [0.5, 0.6) is 5.75 Å². The van der Waals surface area contributed by atoms with Gasteiger partial charge in [0.25, 0.3) is 0 Å². The van der Waals surface area contributed by atoms with Crippen LogP contribution in [0.25, 0.3) is 0 Å². The molecule has 4 nitrogen and oxygen atoms in total. The van der Waals surface area contributed by atoms with Crippen LogP contribution in [0.1, 0.15) is 30.4 Å². The van der Waals surface area contributed by atoms with Gasteiger partial charge in [0.1, 0.15) is 5.75 Å². The van der Waals surface area contributed by atoms with Crippen LogP contribution in [0.2, 0.25) is 0 Å². The molecule has 0 spiro atoms. The van der Waals surface area contributed by atoms with Gasteiger partial charge in [-0.15, -0.1) is 0 Å². The van der Waals surface area contributed by atoms with E-state index in [9.17, 15) is 9.90 Å². The molecule has 0 aliphatic heterocycles. The fourth-order valence-electron chi connectivity index (χ4n) is 2.56. The molecule has 1 saturated carbocycles. The second-order valence-electron chi connectivity index (χ2n) is 5.14. The van der Waals surface area contributed by atoms with E-state index in [1.54, 1.807) is 7.11 Å². The Balaban J connectivity index is 1.97. The van der Waals surface area contributed by atoms with Crippen molar-refractivity contribution in [3.8, 4) is 5.75 Å². The SMILES string of the molecule is COc1cc(C)ccc1CNC(=O)C1CCCC1O. The topological polar surface area (TPSA) is 58.6 Å². The Morgan fingerprint density at radius 3 is 2.89 bits per heavy atom.